The van der Waals surface area contributed by atoms with Crippen LogP contribution < -0.4 is 10.6 Å². The molecular weight excluding hydrogens is 260 g/mol. The monoisotopic (exact) mass is 284 g/mol. The normalized spacial score (nSPS) is 27.6. The van der Waals surface area contributed by atoms with Crippen LogP contribution in [0.15, 0.2) is 0 Å². The molecule has 1 heterocycles. The summed E-state index contributed by atoms with van der Waals surface area (Å²) in [7, 11) is 0. The predicted molar refractivity (Wildman–Crippen MR) is 73.5 cm³/mol. The molecule has 0 bridgehead atoms. The van der Waals surface area contributed by atoms with E-state index in [9.17, 15) is 9.59 Å². The minimum Gasteiger partial charge on any atom is -0.479 e. The first-order valence-corrected chi connectivity index (χ1v) is 7.45. The summed E-state index contributed by atoms with van der Waals surface area (Å²) < 4.78 is 5.33. The molecule has 1 aliphatic heterocycles. The van der Waals surface area contributed by atoms with E-state index in [0.29, 0.717) is 24.8 Å². The molecule has 6 nitrogen and oxygen atoms in total. The van der Waals surface area contributed by atoms with Crippen LogP contribution in [0.4, 0.5) is 4.79 Å². The Hall–Kier alpha value is -1.30. The molecule has 0 aromatic rings. The van der Waals surface area contributed by atoms with E-state index in [1.807, 2.05) is 0 Å². The van der Waals surface area contributed by atoms with Crippen molar-refractivity contribution in [3.05, 3.63) is 0 Å². The summed E-state index contributed by atoms with van der Waals surface area (Å²) in [6.45, 7) is 3.25. The van der Waals surface area contributed by atoms with Gasteiger partial charge in [0.1, 0.15) is 0 Å². The van der Waals surface area contributed by atoms with E-state index in [-0.39, 0.29) is 12.1 Å². The maximum absolute atomic E-state index is 11.7. The number of hydrogen-bond donors (Lipinski definition) is 3. The lowest BCUT2D eigenvalue weighted by atomic mass is 9.67. The molecule has 2 aliphatic rings. The van der Waals surface area contributed by atoms with Crippen LogP contribution in [-0.4, -0.2) is 42.4 Å². The molecule has 1 aliphatic carbocycles. The van der Waals surface area contributed by atoms with E-state index in [4.69, 9.17) is 9.84 Å². The molecule has 2 atom stereocenters. The predicted octanol–water partition coefficient (Wildman–Crippen LogP) is 1.50. The molecule has 20 heavy (non-hydrogen) atoms. The van der Waals surface area contributed by atoms with Gasteiger partial charge in [0.15, 0.2) is 6.10 Å². The molecule has 0 spiro atoms. The highest BCUT2D eigenvalue weighted by Crippen LogP contribution is 2.42. The fraction of sp³-hybridized carbons (Fsp3) is 0.857. The average molecular weight is 284 g/mol. The van der Waals surface area contributed by atoms with Crippen LogP contribution in [0, 0.1) is 5.41 Å². The minimum atomic E-state index is -0.924. The Morgan fingerprint density at radius 3 is 2.55 bits per heavy atom. The minimum absolute atomic E-state index is 0.188. The van der Waals surface area contributed by atoms with Gasteiger partial charge in [-0.3, -0.25) is 0 Å². The van der Waals surface area contributed by atoms with Crippen molar-refractivity contribution in [2.24, 2.45) is 5.41 Å². The maximum Gasteiger partial charge on any atom is 0.332 e. The molecule has 0 aromatic carbocycles. The average Bonchev–Trinajstić information content (AvgIpc) is 2.84. The number of carboxylic acids is 1. The van der Waals surface area contributed by atoms with Gasteiger partial charge >= 0.3 is 12.0 Å². The second kappa shape index (κ2) is 6.43. The van der Waals surface area contributed by atoms with Crippen LogP contribution in [-0.2, 0) is 9.53 Å². The number of hydrogen-bond acceptors (Lipinski definition) is 3. The second-order valence-corrected chi connectivity index (χ2v) is 5.93. The van der Waals surface area contributed by atoms with E-state index >= 15 is 0 Å². The van der Waals surface area contributed by atoms with Gasteiger partial charge in [-0.15, -0.1) is 0 Å². The van der Waals surface area contributed by atoms with Crippen molar-refractivity contribution in [2.45, 2.75) is 57.7 Å². The Balaban J connectivity index is 1.62. The maximum atomic E-state index is 11.7. The number of urea groups is 1. The van der Waals surface area contributed by atoms with Gasteiger partial charge in [-0.25, -0.2) is 9.59 Å². The van der Waals surface area contributed by atoms with Gasteiger partial charge in [0.05, 0.1) is 6.10 Å². The zero-order valence-corrected chi connectivity index (χ0v) is 12.0. The SMILES string of the molecule is CCC1(CNC(=O)NCC2CCC(C(=O)O)O2)CCC1. The lowest BCUT2D eigenvalue weighted by Crippen LogP contribution is -2.46. The van der Waals surface area contributed by atoms with Crippen molar-refractivity contribution >= 4 is 12.0 Å². The van der Waals surface area contributed by atoms with Crippen LogP contribution in [0.1, 0.15) is 45.4 Å². The van der Waals surface area contributed by atoms with Crippen LogP contribution in [0.2, 0.25) is 0 Å². The number of carbonyl (C=O) groups excluding carboxylic acids is 1. The van der Waals surface area contributed by atoms with Gasteiger partial charge in [0.25, 0.3) is 0 Å². The van der Waals surface area contributed by atoms with Gasteiger partial charge in [0.2, 0.25) is 0 Å². The van der Waals surface area contributed by atoms with Crippen molar-refractivity contribution in [3.8, 4) is 0 Å². The molecule has 0 aromatic heterocycles. The molecule has 2 fully saturated rings. The van der Waals surface area contributed by atoms with Gasteiger partial charge in [-0.2, -0.15) is 0 Å². The molecule has 2 rings (SSSR count). The highest BCUT2D eigenvalue weighted by molar-refractivity contribution is 5.74. The van der Waals surface area contributed by atoms with Gasteiger partial charge < -0.3 is 20.5 Å². The van der Waals surface area contributed by atoms with Gasteiger partial charge in [0, 0.05) is 13.1 Å². The first-order chi connectivity index (χ1) is 9.54. The number of ether oxygens (including phenoxy) is 1. The number of nitrogens with one attached hydrogen (secondary N) is 2. The smallest absolute Gasteiger partial charge is 0.332 e. The first-order valence-electron chi connectivity index (χ1n) is 7.45. The van der Waals surface area contributed by atoms with E-state index in [2.05, 4.69) is 17.6 Å². The molecule has 3 N–H and O–H groups in total. The molecule has 6 heteroatoms. The zero-order valence-electron chi connectivity index (χ0n) is 12.0. The first kappa shape index (κ1) is 15.1. The third-order valence-corrected chi connectivity index (χ3v) is 4.66. The summed E-state index contributed by atoms with van der Waals surface area (Å²) in [5.74, 6) is -0.924. The van der Waals surface area contributed by atoms with Crippen molar-refractivity contribution in [2.75, 3.05) is 13.1 Å². The van der Waals surface area contributed by atoms with E-state index in [1.54, 1.807) is 0 Å². The van der Waals surface area contributed by atoms with E-state index in [1.165, 1.54) is 19.3 Å². The number of carboxylic acid groups (broad SMARTS) is 1. The Labute approximate surface area is 119 Å². The largest absolute Gasteiger partial charge is 0.479 e. The van der Waals surface area contributed by atoms with Gasteiger partial charge in [-0.05, 0) is 37.5 Å². The number of aliphatic carboxylic acids is 1. The molecule has 0 radical (unpaired) electrons. The van der Waals surface area contributed by atoms with Crippen LogP contribution >= 0.6 is 0 Å². The molecular formula is C14H24N2O4. The highest BCUT2D eigenvalue weighted by atomic mass is 16.5. The van der Waals surface area contributed by atoms with Crippen LogP contribution in [0.25, 0.3) is 0 Å². The Morgan fingerprint density at radius 2 is 2.05 bits per heavy atom. The number of amides is 2. The lowest BCUT2D eigenvalue weighted by molar-refractivity contribution is -0.149. The molecule has 2 amide bonds. The van der Waals surface area contributed by atoms with Crippen LogP contribution in [0.3, 0.4) is 0 Å². The highest BCUT2D eigenvalue weighted by Gasteiger charge is 2.35. The summed E-state index contributed by atoms with van der Waals surface area (Å²) in [5.41, 5.74) is 0.301. The molecule has 1 saturated heterocycles. The summed E-state index contributed by atoms with van der Waals surface area (Å²) >= 11 is 0. The summed E-state index contributed by atoms with van der Waals surface area (Å²) in [5, 5.41) is 14.5. The van der Waals surface area contributed by atoms with Gasteiger partial charge in [-0.1, -0.05) is 13.3 Å². The number of carbonyl (C=O) groups is 2. The Kier molecular flexibility index (Phi) is 4.86. The molecule has 2 unspecified atom stereocenters. The molecule has 1 saturated carbocycles. The summed E-state index contributed by atoms with van der Waals surface area (Å²) in [6.07, 6.45) is 5.02. The van der Waals surface area contributed by atoms with E-state index in [0.717, 1.165) is 13.0 Å². The van der Waals surface area contributed by atoms with Crippen molar-refractivity contribution in [1.29, 1.82) is 0 Å². The van der Waals surface area contributed by atoms with Crippen LogP contribution in [0.5, 0.6) is 0 Å². The summed E-state index contributed by atoms with van der Waals surface area (Å²) in [6, 6.07) is -0.188. The van der Waals surface area contributed by atoms with Crippen molar-refractivity contribution in [1.82, 2.24) is 10.6 Å². The molecule has 114 valence electrons. The fourth-order valence-electron chi connectivity index (χ4n) is 2.91. The topological polar surface area (TPSA) is 87.7 Å². The quantitative estimate of drug-likeness (QED) is 0.689. The summed E-state index contributed by atoms with van der Waals surface area (Å²) in [4.78, 5) is 22.5. The Bertz CT molecular complexity index is 363. The number of rotatable bonds is 6. The van der Waals surface area contributed by atoms with Crippen molar-refractivity contribution in [3.63, 3.8) is 0 Å². The lowest BCUT2D eigenvalue weighted by Gasteiger charge is -2.41. The third kappa shape index (κ3) is 3.62. The standard InChI is InChI=1S/C14H24N2O4/c1-2-14(6-3-7-14)9-16-13(19)15-8-10-4-5-11(20-10)12(17)18/h10-11H,2-9H2,1H3,(H,17,18)(H2,15,16,19). The Morgan fingerprint density at radius 1 is 1.30 bits per heavy atom. The third-order valence-electron chi connectivity index (χ3n) is 4.66. The second-order valence-electron chi connectivity index (χ2n) is 5.93. The van der Waals surface area contributed by atoms with Crippen molar-refractivity contribution < 1.29 is 19.4 Å². The fourth-order valence-corrected chi connectivity index (χ4v) is 2.91. The van der Waals surface area contributed by atoms with E-state index < -0.39 is 12.1 Å². The zero-order chi connectivity index (χ0) is 14.6.